The Balaban J connectivity index is 0.00000280. The summed E-state index contributed by atoms with van der Waals surface area (Å²) in [5.74, 6) is -0.610. The summed E-state index contributed by atoms with van der Waals surface area (Å²) in [7, 11) is -3.85. The summed E-state index contributed by atoms with van der Waals surface area (Å²) >= 11 is 0. The number of amides is 1. The number of sulfonamides is 1. The highest BCUT2D eigenvalue weighted by Crippen LogP contribution is 2.21. The molecule has 2 aromatic rings. The summed E-state index contributed by atoms with van der Waals surface area (Å²) in [6.45, 7) is 2.73. The first kappa shape index (κ1) is 22.1. The van der Waals surface area contributed by atoms with E-state index in [-0.39, 0.29) is 29.3 Å². The third kappa shape index (κ3) is 5.01. The Morgan fingerprint density at radius 1 is 1.21 bits per heavy atom. The van der Waals surface area contributed by atoms with Crippen molar-refractivity contribution >= 4 is 34.0 Å². The minimum absolute atomic E-state index is 0. The molecule has 1 amide bonds. The van der Waals surface area contributed by atoms with Gasteiger partial charge >= 0.3 is 0 Å². The van der Waals surface area contributed by atoms with Crippen LogP contribution in [0, 0.1) is 12.7 Å². The zero-order valence-electron chi connectivity index (χ0n) is 15.4. The van der Waals surface area contributed by atoms with Crippen LogP contribution < -0.4 is 10.5 Å². The highest BCUT2D eigenvalue weighted by atomic mass is 35.5. The number of likely N-dealkylation sites (tertiary alicyclic amines) is 1. The first-order valence-electron chi connectivity index (χ1n) is 8.70. The monoisotopic (exact) mass is 427 g/mol. The van der Waals surface area contributed by atoms with Gasteiger partial charge in [0.15, 0.2) is 0 Å². The minimum atomic E-state index is -3.85. The van der Waals surface area contributed by atoms with E-state index >= 15 is 0 Å². The standard InChI is InChI=1S/C19H22FN3O3S.ClH/c1-13-11-15(20)6-9-18(13)27(25,26)22-17-7-4-14(5-8-17)19(24)23-10-2-3-16(21)12-23;/h4-9,11,16,22H,2-3,10,12,21H2,1H3;1H. The third-order valence-corrected chi connectivity index (χ3v) is 6.10. The lowest BCUT2D eigenvalue weighted by Gasteiger charge is -2.30. The fourth-order valence-corrected chi connectivity index (χ4v) is 4.47. The number of aryl methyl sites for hydroxylation is 1. The quantitative estimate of drug-likeness (QED) is 0.784. The van der Waals surface area contributed by atoms with Crippen molar-refractivity contribution in [1.82, 2.24) is 4.90 Å². The molecule has 0 saturated carbocycles. The van der Waals surface area contributed by atoms with Crippen molar-refractivity contribution < 1.29 is 17.6 Å². The van der Waals surface area contributed by atoms with Crippen molar-refractivity contribution in [1.29, 1.82) is 0 Å². The Morgan fingerprint density at radius 3 is 2.50 bits per heavy atom. The molecule has 2 aromatic carbocycles. The zero-order chi connectivity index (χ0) is 19.6. The van der Waals surface area contributed by atoms with Crippen LogP contribution in [0.3, 0.4) is 0 Å². The van der Waals surface area contributed by atoms with E-state index in [4.69, 9.17) is 5.73 Å². The van der Waals surface area contributed by atoms with Crippen LogP contribution in [0.4, 0.5) is 10.1 Å². The Bertz CT molecular complexity index is 951. The van der Waals surface area contributed by atoms with Gasteiger partial charge in [-0.1, -0.05) is 0 Å². The van der Waals surface area contributed by atoms with E-state index in [9.17, 15) is 17.6 Å². The Labute approximate surface area is 170 Å². The molecule has 1 heterocycles. The fraction of sp³-hybridized carbons (Fsp3) is 0.316. The maximum absolute atomic E-state index is 13.2. The van der Waals surface area contributed by atoms with Crippen molar-refractivity contribution in [3.63, 3.8) is 0 Å². The van der Waals surface area contributed by atoms with Gasteiger partial charge in [-0.05, 0) is 67.8 Å². The molecule has 1 atom stereocenters. The van der Waals surface area contributed by atoms with Crippen LogP contribution >= 0.6 is 12.4 Å². The lowest BCUT2D eigenvalue weighted by Crippen LogP contribution is -2.45. The molecule has 152 valence electrons. The summed E-state index contributed by atoms with van der Waals surface area (Å²) in [4.78, 5) is 14.3. The molecule has 0 spiro atoms. The van der Waals surface area contributed by atoms with E-state index in [0.717, 1.165) is 18.9 Å². The molecule has 28 heavy (non-hydrogen) atoms. The first-order valence-corrected chi connectivity index (χ1v) is 10.2. The molecule has 3 N–H and O–H groups in total. The molecule has 1 unspecified atom stereocenters. The molecular formula is C19H23ClFN3O3S. The number of benzene rings is 2. The number of carbonyl (C=O) groups is 1. The number of nitrogens with two attached hydrogens (primary N) is 1. The van der Waals surface area contributed by atoms with Gasteiger partial charge in [-0.3, -0.25) is 9.52 Å². The Hall–Kier alpha value is -2.16. The number of nitrogens with zero attached hydrogens (tertiary/aromatic N) is 1. The molecule has 1 aliphatic rings. The van der Waals surface area contributed by atoms with E-state index in [1.807, 2.05) is 0 Å². The second-order valence-corrected chi connectivity index (χ2v) is 8.40. The summed E-state index contributed by atoms with van der Waals surface area (Å²) in [5, 5.41) is 0. The molecule has 1 aliphatic heterocycles. The van der Waals surface area contributed by atoms with Gasteiger partial charge in [-0.2, -0.15) is 0 Å². The van der Waals surface area contributed by atoms with Gasteiger partial charge in [0.05, 0.1) is 4.90 Å². The van der Waals surface area contributed by atoms with Crippen molar-refractivity contribution in [2.45, 2.75) is 30.7 Å². The van der Waals surface area contributed by atoms with Gasteiger partial charge in [0.25, 0.3) is 15.9 Å². The van der Waals surface area contributed by atoms with E-state index < -0.39 is 15.8 Å². The summed E-state index contributed by atoms with van der Waals surface area (Å²) in [6, 6.07) is 9.72. The maximum atomic E-state index is 13.2. The number of carbonyl (C=O) groups excluding carboxylic acids is 1. The van der Waals surface area contributed by atoms with Crippen LogP contribution in [0.5, 0.6) is 0 Å². The van der Waals surface area contributed by atoms with Crippen molar-refractivity contribution in [2.24, 2.45) is 5.73 Å². The smallest absolute Gasteiger partial charge is 0.262 e. The number of piperidine rings is 1. The van der Waals surface area contributed by atoms with Crippen molar-refractivity contribution in [3.05, 3.63) is 59.4 Å². The molecule has 6 nitrogen and oxygen atoms in total. The van der Waals surface area contributed by atoms with Crippen molar-refractivity contribution in [3.8, 4) is 0 Å². The SMILES string of the molecule is Cc1cc(F)ccc1S(=O)(=O)Nc1ccc(C(=O)N2CCCC(N)C2)cc1.Cl. The molecule has 9 heteroatoms. The minimum Gasteiger partial charge on any atom is -0.337 e. The van der Waals surface area contributed by atoms with E-state index in [0.29, 0.717) is 29.9 Å². The molecule has 1 fully saturated rings. The van der Waals surface area contributed by atoms with Crippen molar-refractivity contribution in [2.75, 3.05) is 17.8 Å². The molecule has 0 aromatic heterocycles. The van der Waals surface area contributed by atoms with E-state index in [2.05, 4.69) is 4.72 Å². The average molecular weight is 428 g/mol. The van der Waals surface area contributed by atoms with E-state index in [1.165, 1.54) is 31.2 Å². The largest absolute Gasteiger partial charge is 0.337 e. The molecule has 0 bridgehead atoms. The molecule has 0 aliphatic carbocycles. The lowest BCUT2D eigenvalue weighted by atomic mass is 10.1. The zero-order valence-corrected chi connectivity index (χ0v) is 17.0. The third-order valence-electron chi connectivity index (χ3n) is 4.56. The highest BCUT2D eigenvalue weighted by Gasteiger charge is 2.22. The maximum Gasteiger partial charge on any atom is 0.262 e. The normalized spacial score (nSPS) is 17.0. The second-order valence-electron chi connectivity index (χ2n) is 6.75. The van der Waals surface area contributed by atoms with Gasteiger partial charge in [-0.25, -0.2) is 12.8 Å². The van der Waals surface area contributed by atoms with Crippen LogP contribution in [-0.4, -0.2) is 38.4 Å². The number of nitrogens with one attached hydrogen (secondary N) is 1. The second kappa shape index (κ2) is 8.89. The fourth-order valence-electron chi connectivity index (χ4n) is 3.18. The van der Waals surface area contributed by atoms with E-state index in [1.54, 1.807) is 17.0 Å². The average Bonchev–Trinajstić information content (AvgIpc) is 2.61. The van der Waals surface area contributed by atoms with Gasteiger partial charge in [-0.15, -0.1) is 12.4 Å². The molecule has 1 saturated heterocycles. The van der Waals surface area contributed by atoms with Gasteiger partial charge < -0.3 is 10.6 Å². The lowest BCUT2D eigenvalue weighted by molar-refractivity contribution is 0.0709. The summed E-state index contributed by atoms with van der Waals surface area (Å²) < 4.78 is 40.7. The topological polar surface area (TPSA) is 92.5 Å². The number of hydrogen-bond acceptors (Lipinski definition) is 4. The Kier molecular flexibility index (Phi) is 7.03. The predicted octanol–water partition coefficient (Wildman–Crippen LogP) is 2.92. The predicted molar refractivity (Wildman–Crippen MR) is 109 cm³/mol. The molecule has 3 rings (SSSR count). The molecule has 0 radical (unpaired) electrons. The first-order chi connectivity index (χ1) is 12.8. The number of hydrogen-bond donors (Lipinski definition) is 2. The van der Waals surface area contributed by atoms with Crippen LogP contribution in [0.2, 0.25) is 0 Å². The molecular weight excluding hydrogens is 405 g/mol. The van der Waals surface area contributed by atoms with Crippen LogP contribution in [0.25, 0.3) is 0 Å². The van der Waals surface area contributed by atoms with Gasteiger partial charge in [0.2, 0.25) is 0 Å². The number of anilines is 1. The van der Waals surface area contributed by atoms with Gasteiger partial charge in [0, 0.05) is 30.4 Å². The number of rotatable bonds is 4. The summed E-state index contributed by atoms with van der Waals surface area (Å²) in [5.41, 5.74) is 7.03. The highest BCUT2D eigenvalue weighted by molar-refractivity contribution is 7.92. The Morgan fingerprint density at radius 2 is 1.89 bits per heavy atom. The summed E-state index contributed by atoms with van der Waals surface area (Å²) in [6.07, 6.45) is 1.79. The van der Waals surface area contributed by atoms with Crippen LogP contribution in [-0.2, 0) is 10.0 Å². The van der Waals surface area contributed by atoms with Crippen LogP contribution in [0.15, 0.2) is 47.4 Å². The van der Waals surface area contributed by atoms with Crippen LogP contribution in [0.1, 0.15) is 28.8 Å². The van der Waals surface area contributed by atoms with Gasteiger partial charge in [0.1, 0.15) is 5.82 Å². The number of halogens is 2.